The molecule has 2 rings (SSSR count). The fourth-order valence-electron chi connectivity index (χ4n) is 2.92. The third-order valence-corrected chi connectivity index (χ3v) is 4.34. The van der Waals surface area contributed by atoms with Crippen molar-refractivity contribution in [3.8, 4) is 0 Å². The average molecular weight is 338 g/mol. The highest BCUT2D eigenvalue weighted by atomic mass is 35.5. The third-order valence-electron chi connectivity index (χ3n) is 4.11. The quantitative estimate of drug-likeness (QED) is 0.810. The van der Waals surface area contributed by atoms with Crippen LogP contribution < -0.4 is 10.2 Å². The lowest BCUT2D eigenvalue weighted by atomic mass is 9.97. The molecule has 1 aliphatic rings. The Labute approximate surface area is 142 Å². The number of nitrogens with zero attached hydrogens (tertiary/aromatic N) is 2. The first-order chi connectivity index (χ1) is 10.9. The number of carbonyl (C=O) groups excluding carboxylic acids is 2. The molecule has 1 atom stereocenters. The van der Waals surface area contributed by atoms with E-state index in [1.807, 2.05) is 18.2 Å². The molecule has 23 heavy (non-hydrogen) atoms. The van der Waals surface area contributed by atoms with Crippen molar-refractivity contribution in [3.63, 3.8) is 0 Å². The van der Waals surface area contributed by atoms with Crippen LogP contribution in [0.1, 0.15) is 31.2 Å². The molecule has 1 aromatic rings. The van der Waals surface area contributed by atoms with E-state index >= 15 is 0 Å². The van der Waals surface area contributed by atoms with E-state index < -0.39 is 0 Å². The minimum Gasteiger partial charge on any atom is -0.371 e. The lowest BCUT2D eigenvalue weighted by Crippen LogP contribution is -2.29. The smallest absolute Gasteiger partial charge is 0.222 e. The largest absolute Gasteiger partial charge is 0.371 e. The highest BCUT2D eigenvalue weighted by molar-refractivity contribution is 6.30. The second kappa shape index (κ2) is 7.68. The number of fused-ring (bicyclic) bond motifs is 1. The standard InChI is InChI=1S/C17H24ClN3O2/c1-12(22)19-7-4-8-21-11-13(9-17(23)20(2)3)15-10-14(18)5-6-16(15)21/h5-6,10,13H,4,7-9,11H2,1-3H3,(H,19,22). The van der Waals surface area contributed by atoms with Gasteiger partial charge in [-0.3, -0.25) is 9.59 Å². The highest BCUT2D eigenvalue weighted by Crippen LogP contribution is 2.39. The first-order valence-electron chi connectivity index (χ1n) is 7.87. The molecule has 0 aromatic heterocycles. The summed E-state index contributed by atoms with van der Waals surface area (Å²) in [6.07, 6.45) is 1.36. The van der Waals surface area contributed by atoms with E-state index in [0.717, 1.165) is 30.8 Å². The monoisotopic (exact) mass is 337 g/mol. The van der Waals surface area contributed by atoms with Crippen molar-refractivity contribution < 1.29 is 9.59 Å². The van der Waals surface area contributed by atoms with Crippen LogP contribution in [0.3, 0.4) is 0 Å². The molecule has 1 aliphatic heterocycles. The molecule has 0 spiro atoms. The number of amides is 2. The van der Waals surface area contributed by atoms with Crippen LogP contribution in [0.25, 0.3) is 0 Å². The van der Waals surface area contributed by atoms with Gasteiger partial charge in [0.15, 0.2) is 0 Å². The summed E-state index contributed by atoms with van der Waals surface area (Å²) in [5.74, 6) is 0.286. The van der Waals surface area contributed by atoms with Gasteiger partial charge in [0.05, 0.1) is 0 Å². The lowest BCUT2D eigenvalue weighted by Gasteiger charge is -2.20. The predicted octanol–water partition coefficient (Wildman–Crippen LogP) is 2.25. The summed E-state index contributed by atoms with van der Waals surface area (Å²) in [6.45, 7) is 3.85. The number of hydrogen-bond acceptors (Lipinski definition) is 3. The van der Waals surface area contributed by atoms with Crippen molar-refractivity contribution >= 4 is 29.1 Å². The zero-order valence-electron chi connectivity index (χ0n) is 13.9. The van der Waals surface area contributed by atoms with Crippen LogP contribution in [0.15, 0.2) is 18.2 Å². The van der Waals surface area contributed by atoms with Gasteiger partial charge >= 0.3 is 0 Å². The van der Waals surface area contributed by atoms with Crippen molar-refractivity contribution in [2.24, 2.45) is 0 Å². The van der Waals surface area contributed by atoms with Crippen molar-refractivity contribution in [1.82, 2.24) is 10.2 Å². The van der Waals surface area contributed by atoms with E-state index in [-0.39, 0.29) is 17.7 Å². The Hall–Kier alpha value is -1.75. The summed E-state index contributed by atoms with van der Waals surface area (Å²) in [4.78, 5) is 26.9. The normalized spacial score (nSPS) is 16.2. The maximum Gasteiger partial charge on any atom is 0.222 e. The summed E-state index contributed by atoms with van der Waals surface area (Å²) in [5, 5.41) is 3.51. The minimum absolute atomic E-state index is 0.00643. The molecule has 0 saturated heterocycles. The summed E-state index contributed by atoms with van der Waals surface area (Å²) in [6, 6.07) is 5.88. The Balaban J connectivity index is 2.06. The fraction of sp³-hybridized carbons (Fsp3) is 0.529. The molecular formula is C17H24ClN3O2. The van der Waals surface area contributed by atoms with Crippen LogP contribution in [0.2, 0.25) is 5.02 Å². The molecule has 0 aliphatic carbocycles. The van der Waals surface area contributed by atoms with Crippen molar-refractivity contribution in [1.29, 1.82) is 0 Å². The van der Waals surface area contributed by atoms with Crippen LogP contribution >= 0.6 is 11.6 Å². The molecule has 0 bridgehead atoms. The zero-order chi connectivity index (χ0) is 17.0. The number of nitrogens with one attached hydrogen (secondary N) is 1. The number of anilines is 1. The molecule has 0 radical (unpaired) electrons. The summed E-state index contributed by atoms with van der Waals surface area (Å²) < 4.78 is 0. The molecule has 1 aromatic carbocycles. The van der Waals surface area contributed by atoms with Gasteiger partial charge in [0.1, 0.15) is 0 Å². The van der Waals surface area contributed by atoms with Gasteiger partial charge in [-0.05, 0) is 30.2 Å². The van der Waals surface area contributed by atoms with Crippen LogP contribution in [0, 0.1) is 0 Å². The molecule has 1 heterocycles. The second-order valence-corrected chi connectivity index (χ2v) is 6.61. The van der Waals surface area contributed by atoms with Gasteiger partial charge in [0.2, 0.25) is 11.8 Å². The molecule has 2 amide bonds. The molecule has 1 N–H and O–H groups in total. The molecule has 126 valence electrons. The van der Waals surface area contributed by atoms with Gasteiger partial charge in [-0.1, -0.05) is 11.6 Å². The van der Waals surface area contributed by atoms with Crippen LogP contribution in [-0.4, -0.2) is 50.4 Å². The maximum atomic E-state index is 12.1. The van der Waals surface area contributed by atoms with E-state index in [1.165, 1.54) is 6.92 Å². The number of carbonyl (C=O) groups is 2. The van der Waals surface area contributed by atoms with E-state index in [9.17, 15) is 9.59 Å². The summed E-state index contributed by atoms with van der Waals surface area (Å²) in [5.41, 5.74) is 2.29. The number of rotatable bonds is 6. The van der Waals surface area contributed by atoms with E-state index in [2.05, 4.69) is 10.2 Å². The van der Waals surface area contributed by atoms with Crippen molar-refractivity contribution in [2.75, 3.05) is 38.6 Å². The van der Waals surface area contributed by atoms with E-state index in [1.54, 1.807) is 19.0 Å². The highest BCUT2D eigenvalue weighted by Gasteiger charge is 2.30. The van der Waals surface area contributed by atoms with Crippen molar-refractivity contribution in [3.05, 3.63) is 28.8 Å². The second-order valence-electron chi connectivity index (χ2n) is 6.17. The molecule has 1 unspecified atom stereocenters. The van der Waals surface area contributed by atoms with Gasteiger partial charge in [-0.15, -0.1) is 0 Å². The maximum absolute atomic E-state index is 12.1. The SMILES string of the molecule is CC(=O)NCCCN1CC(CC(=O)N(C)C)c2cc(Cl)ccc21. The first kappa shape index (κ1) is 17.6. The third kappa shape index (κ3) is 4.61. The molecular weight excluding hydrogens is 314 g/mol. The predicted molar refractivity (Wildman–Crippen MR) is 93.0 cm³/mol. The Morgan fingerprint density at radius 3 is 2.78 bits per heavy atom. The van der Waals surface area contributed by atoms with Crippen LogP contribution in [0.5, 0.6) is 0 Å². The molecule has 6 heteroatoms. The summed E-state index contributed by atoms with van der Waals surface area (Å²) >= 11 is 6.14. The van der Waals surface area contributed by atoms with E-state index in [4.69, 9.17) is 11.6 Å². The lowest BCUT2D eigenvalue weighted by molar-refractivity contribution is -0.129. The molecule has 5 nitrogen and oxygen atoms in total. The van der Waals surface area contributed by atoms with Gasteiger partial charge < -0.3 is 15.1 Å². The van der Waals surface area contributed by atoms with Gasteiger partial charge in [0.25, 0.3) is 0 Å². The Morgan fingerprint density at radius 2 is 2.13 bits per heavy atom. The topological polar surface area (TPSA) is 52.7 Å². The molecule has 0 saturated carbocycles. The van der Waals surface area contributed by atoms with Crippen molar-refractivity contribution in [2.45, 2.75) is 25.7 Å². The Morgan fingerprint density at radius 1 is 1.39 bits per heavy atom. The minimum atomic E-state index is -0.00643. The fourth-order valence-corrected chi connectivity index (χ4v) is 3.10. The van der Waals surface area contributed by atoms with Gasteiger partial charge in [-0.25, -0.2) is 0 Å². The van der Waals surface area contributed by atoms with Gasteiger partial charge in [-0.2, -0.15) is 0 Å². The summed E-state index contributed by atoms with van der Waals surface area (Å²) in [7, 11) is 3.56. The Bertz CT molecular complexity index is 589. The van der Waals surface area contributed by atoms with E-state index in [0.29, 0.717) is 18.0 Å². The zero-order valence-corrected chi connectivity index (χ0v) is 14.7. The first-order valence-corrected chi connectivity index (χ1v) is 8.25. The van der Waals surface area contributed by atoms with Gasteiger partial charge in [0, 0.05) is 63.7 Å². The average Bonchev–Trinajstić information content (AvgIpc) is 2.80. The number of hydrogen-bond donors (Lipinski definition) is 1. The number of benzene rings is 1. The molecule has 0 fully saturated rings. The van der Waals surface area contributed by atoms with Crippen LogP contribution in [0.4, 0.5) is 5.69 Å². The Kier molecular flexibility index (Phi) is 5.88. The van der Waals surface area contributed by atoms with Crippen LogP contribution in [-0.2, 0) is 9.59 Å². The number of halogens is 1.